The highest BCUT2D eigenvalue weighted by Gasteiger charge is 2.42. The summed E-state index contributed by atoms with van der Waals surface area (Å²) < 4.78 is 12.3. The van der Waals surface area contributed by atoms with E-state index in [0.717, 1.165) is 34.1 Å². The van der Waals surface area contributed by atoms with Gasteiger partial charge in [-0.05, 0) is 35.9 Å². The quantitative estimate of drug-likeness (QED) is 0.602. The number of benzene rings is 1. The van der Waals surface area contributed by atoms with Crippen molar-refractivity contribution < 1.29 is 9.47 Å². The van der Waals surface area contributed by atoms with Crippen molar-refractivity contribution >= 4 is 28.4 Å². The van der Waals surface area contributed by atoms with E-state index in [9.17, 15) is 0 Å². The summed E-state index contributed by atoms with van der Waals surface area (Å²) in [5, 5.41) is 11.3. The monoisotopic (exact) mass is 382 g/mol. The smallest absolute Gasteiger partial charge is 0.223 e. The van der Waals surface area contributed by atoms with Crippen LogP contribution in [-0.2, 0) is 0 Å². The maximum absolute atomic E-state index is 6.45. The Morgan fingerprint density at radius 3 is 2.81 bits per heavy atom. The van der Waals surface area contributed by atoms with Gasteiger partial charge in [0.2, 0.25) is 6.23 Å². The van der Waals surface area contributed by atoms with Gasteiger partial charge in [-0.25, -0.2) is 5.01 Å². The maximum atomic E-state index is 6.45. The number of para-hydroxylation sites is 1. The average molecular weight is 383 g/mol. The van der Waals surface area contributed by atoms with Crippen molar-refractivity contribution in [2.75, 3.05) is 6.61 Å². The largest absolute Gasteiger partial charge is 0.490 e. The Morgan fingerprint density at radius 2 is 2.04 bits per heavy atom. The van der Waals surface area contributed by atoms with Crippen LogP contribution in [0.2, 0.25) is 0 Å². The number of hydrazone groups is 1. The number of nitrogens with zero attached hydrogens (tertiary/aromatic N) is 2. The minimum absolute atomic E-state index is 0.170. The molecule has 2 aromatic heterocycles. The molecule has 1 aromatic carbocycles. The van der Waals surface area contributed by atoms with Gasteiger partial charge >= 0.3 is 0 Å². The van der Waals surface area contributed by atoms with Crippen LogP contribution in [0.25, 0.3) is 0 Å². The van der Waals surface area contributed by atoms with E-state index in [-0.39, 0.29) is 12.3 Å². The molecule has 0 bridgehead atoms. The summed E-state index contributed by atoms with van der Waals surface area (Å²) in [6.45, 7) is 2.62. The molecule has 2 aliphatic heterocycles. The Labute approximate surface area is 160 Å². The van der Waals surface area contributed by atoms with Gasteiger partial charge in [0.1, 0.15) is 0 Å². The third-order valence-corrected chi connectivity index (χ3v) is 6.49. The predicted octanol–water partition coefficient (Wildman–Crippen LogP) is 5.45. The second-order valence-electron chi connectivity index (χ2n) is 6.22. The summed E-state index contributed by atoms with van der Waals surface area (Å²) in [5.41, 5.74) is 2.28. The first kappa shape index (κ1) is 15.9. The van der Waals surface area contributed by atoms with Crippen molar-refractivity contribution in [3.63, 3.8) is 0 Å². The highest BCUT2D eigenvalue weighted by Crippen LogP contribution is 2.51. The Balaban J connectivity index is 1.61. The summed E-state index contributed by atoms with van der Waals surface area (Å²) in [7, 11) is 0. The van der Waals surface area contributed by atoms with Crippen LogP contribution >= 0.6 is 22.7 Å². The molecule has 0 aliphatic carbocycles. The van der Waals surface area contributed by atoms with Crippen LogP contribution in [0.1, 0.15) is 40.9 Å². The molecule has 2 atom stereocenters. The van der Waals surface area contributed by atoms with Crippen LogP contribution in [0, 0.1) is 0 Å². The van der Waals surface area contributed by atoms with Crippen molar-refractivity contribution in [3.8, 4) is 11.5 Å². The molecular formula is C20H18N2O2S2. The number of hydrogen-bond acceptors (Lipinski definition) is 6. The molecule has 0 amide bonds. The predicted molar refractivity (Wildman–Crippen MR) is 105 cm³/mol. The van der Waals surface area contributed by atoms with Gasteiger partial charge in [-0.3, -0.25) is 0 Å². The van der Waals surface area contributed by atoms with E-state index < -0.39 is 0 Å². The molecular weight excluding hydrogens is 364 g/mol. The fourth-order valence-electron chi connectivity index (χ4n) is 3.56. The number of hydrogen-bond donors (Lipinski definition) is 0. The van der Waals surface area contributed by atoms with Crippen molar-refractivity contribution in [3.05, 3.63) is 68.5 Å². The molecule has 0 saturated carbocycles. The minimum atomic E-state index is -0.216. The fourth-order valence-corrected chi connectivity index (χ4v) is 5.03. The first-order valence-electron chi connectivity index (χ1n) is 8.70. The van der Waals surface area contributed by atoms with Gasteiger partial charge in [0.25, 0.3) is 0 Å². The lowest BCUT2D eigenvalue weighted by atomic mass is 9.98. The molecule has 4 nitrogen and oxygen atoms in total. The minimum Gasteiger partial charge on any atom is -0.490 e. The zero-order chi connectivity index (χ0) is 17.5. The third kappa shape index (κ3) is 2.52. The van der Waals surface area contributed by atoms with Crippen molar-refractivity contribution in [1.82, 2.24) is 5.01 Å². The number of ether oxygens (including phenoxy) is 2. The fraction of sp³-hybridized carbons (Fsp3) is 0.250. The Kier molecular flexibility index (Phi) is 3.94. The molecule has 0 spiro atoms. The van der Waals surface area contributed by atoms with Crippen molar-refractivity contribution in [2.45, 2.75) is 25.6 Å². The normalized spacial score (nSPS) is 21.0. The van der Waals surface area contributed by atoms with E-state index in [2.05, 4.69) is 46.1 Å². The molecule has 26 heavy (non-hydrogen) atoms. The molecule has 6 heteroatoms. The molecule has 132 valence electrons. The van der Waals surface area contributed by atoms with Gasteiger partial charge in [0.05, 0.1) is 28.1 Å². The Bertz CT molecular complexity index is 935. The van der Waals surface area contributed by atoms with Gasteiger partial charge in [-0.15, -0.1) is 22.7 Å². The van der Waals surface area contributed by atoms with E-state index in [4.69, 9.17) is 14.6 Å². The lowest BCUT2D eigenvalue weighted by molar-refractivity contribution is -0.0188. The molecule has 2 aliphatic rings. The molecule has 0 N–H and O–H groups in total. The molecule has 0 fully saturated rings. The molecule has 3 aromatic rings. The standard InChI is InChI=1S/C20H18N2O2S2/c1-2-23-16-7-3-6-13-15-12-14(17-8-4-10-25-17)21-22(15)20(24-19(13)16)18-9-5-11-26-18/h3-11,15,20H,2,12H2,1H3/t15-,20-/m0/s1. The van der Waals surface area contributed by atoms with Crippen LogP contribution in [0.15, 0.2) is 58.3 Å². The van der Waals surface area contributed by atoms with E-state index in [0.29, 0.717) is 6.61 Å². The van der Waals surface area contributed by atoms with Gasteiger partial charge in [0.15, 0.2) is 11.5 Å². The summed E-state index contributed by atoms with van der Waals surface area (Å²) >= 11 is 3.43. The van der Waals surface area contributed by atoms with Gasteiger partial charge in [0, 0.05) is 12.0 Å². The molecule has 4 heterocycles. The number of thiophene rings is 2. The lowest BCUT2D eigenvalue weighted by Crippen LogP contribution is -2.33. The highest BCUT2D eigenvalue weighted by molar-refractivity contribution is 7.12. The zero-order valence-electron chi connectivity index (χ0n) is 14.3. The van der Waals surface area contributed by atoms with E-state index in [1.165, 1.54) is 4.88 Å². The number of rotatable bonds is 4. The SMILES string of the molecule is CCOc1cccc2c1O[C@@H](c1cccs1)N1N=C(c3cccs3)C[C@@H]21. The van der Waals surface area contributed by atoms with Crippen LogP contribution in [0.5, 0.6) is 11.5 Å². The summed E-state index contributed by atoms with van der Waals surface area (Å²) in [6.07, 6.45) is 0.667. The molecule has 0 radical (unpaired) electrons. The van der Waals surface area contributed by atoms with Gasteiger partial charge in [-0.2, -0.15) is 5.10 Å². The maximum Gasteiger partial charge on any atom is 0.223 e. The van der Waals surface area contributed by atoms with Crippen LogP contribution < -0.4 is 9.47 Å². The highest BCUT2D eigenvalue weighted by atomic mass is 32.1. The Morgan fingerprint density at radius 1 is 1.15 bits per heavy atom. The van der Waals surface area contributed by atoms with Crippen LogP contribution in [0.4, 0.5) is 0 Å². The van der Waals surface area contributed by atoms with Gasteiger partial charge < -0.3 is 9.47 Å². The Hall–Kier alpha value is -2.31. The van der Waals surface area contributed by atoms with Crippen LogP contribution in [0.3, 0.4) is 0 Å². The van der Waals surface area contributed by atoms with E-state index in [1.54, 1.807) is 22.7 Å². The van der Waals surface area contributed by atoms with E-state index in [1.807, 2.05) is 19.1 Å². The van der Waals surface area contributed by atoms with Gasteiger partial charge in [-0.1, -0.05) is 24.3 Å². The van der Waals surface area contributed by atoms with Crippen molar-refractivity contribution in [1.29, 1.82) is 0 Å². The first-order valence-corrected chi connectivity index (χ1v) is 10.5. The molecule has 0 saturated heterocycles. The number of fused-ring (bicyclic) bond motifs is 3. The first-order chi connectivity index (χ1) is 12.8. The zero-order valence-corrected chi connectivity index (χ0v) is 15.9. The second kappa shape index (κ2) is 6.45. The summed E-state index contributed by atoms with van der Waals surface area (Å²) in [5.74, 6) is 1.67. The third-order valence-electron chi connectivity index (χ3n) is 4.67. The topological polar surface area (TPSA) is 34.1 Å². The summed E-state index contributed by atoms with van der Waals surface area (Å²) in [4.78, 5) is 2.38. The lowest BCUT2D eigenvalue weighted by Gasteiger charge is -2.38. The van der Waals surface area contributed by atoms with E-state index >= 15 is 0 Å². The average Bonchev–Trinajstić information content (AvgIpc) is 3.41. The van der Waals surface area contributed by atoms with Crippen molar-refractivity contribution in [2.24, 2.45) is 5.10 Å². The molecule has 5 rings (SSSR count). The van der Waals surface area contributed by atoms with Crippen LogP contribution in [-0.4, -0.2) is 17.3 Å². The summed E-state index contributed by atoms with van der Waals surface area (Å²) in [6, 6.07) is 14.7. The molecule has 0 unspecified atom stereocenters. The second-order valence-corrected chi connectivity index (χ2v) is 8.14.